The number of hydrogen-bond donors (Lipinski definition) is 0. The standard InChI is InChI=1S/C11H15F/c1-7-3-4-8(2)11(12)10(7)9-5-6-9/h3-4,9-11H,5-6H2,1-2H3. The summed E-state index contributed by atoms with van der Waals surface area (Å²) >= 11 is 0. The van der Waals surface area contributed by atoms with E-state index in [0.717, 1.165) is 5.57 Å². The van der Waals surface area contributed by atoms with E-state index in [2.05, 4.69) is 13.0 Å². The zero-order chi connectivity index (χ0) is 8.72. The lowest BCUT2D eigenvalue weighted by molar-refractivity contribution is 0.269. The van der Waals surface area contributed by atoms with Crippen LogP contribution in [0, 0.1) is 11.8 Å². The molecule has 0 aromatic heterocycles. The number of rotatable bonds is 1. The number of allylic oxidation sites excluding steroid dienone is 4. The van der Waals surface area contributed by atoms with Crippen LogP contribution in [0.25, 0.3) is 0 Å². The Kier molecular flexibility index (Phi) is 1.82. The molecule has 12 heavy (non-hydrogen) atoms. The van der Waals surface area contributed by atoms with Crippen LogP contribution >= 0.6 is 0 Å². The third kappa shape index (κ3) is 1.21. The molecule has 1 heteroatoms. The normalized spacial score (nSPS) is 35.9. The number of alkyl halides is 1. The summed E-state index contributed by atoms with van der Waals surface area (Å²) in [5.74, 6) is 0.842. The highest BCUT2D eigenvalue weighted by Gasteiger charge is 2.39. The molecule has 0 saturated heterocycles. The van der Waals surface area contributed by atoms with Crippen LogP contribution in [0.5, 0.6) is 0 Å². The van der Waals surface area contributed by atoms with Gasteiger partial charge in [-0.25, -0.2) is 4.39 Å². The van der Waals surface area contributed by atoms with Crippen molar-refractivity contribution in [1.29, 1.82) is 0 Å². The van der Waals surface area contributed by atoms with Gasteiger partial charge in [0.2, 0.25) is 0 Å². The summed E-state index contributed by atoms with van der Waals surface area (Å²) in [4.78, 5) is 0. The third-order valence-corrected chi connectivity index (χ3v) is 3.02. The van der Waals surface area contributed by atoms with E-state index < -0.39 is 6.17 Å². The Bertz CT molecular complexity index is 246. The first kappa shape index (κ1) is 8.03. The zero-order valence-electron chi connectivity index (χ0n) is 7.68. The molecule has 1 saturated carbocycles. The molecule has 1 fully saturated rings. The van der Waals surface area contributed by atoms with Crippen LogP contribution in [0.3, 0.4) is 0 Å². The van der Waals surface area contributed by atoms with Crippen LogP contribution < -0.4 is 0 Å². The highest BCUT2D eigenvalue weighted by atomic mass is 19.1. The molecule has 2 aliphatic carbocycles. The fraction of sp³-hybridized carbons (Fsp3) is 0.636. The molecule has 2 rings (SSSR count). The minimum Gasteiger partial charge on any atom is -0.242 e. The molecule has 66 valence electrons. The average Bonchev–Trinajstić information content (AvgIpc) is 2.81. The summed E-state index contributed by atoms with van der Waals surface area (Å²) in [6, 6.07) is 0. The van der Waals surface area contributed by atoms with Crippen molar-refractivity contribution in [3.8, 4) is 0 Å². The van der Waals surface area contributed by atoms with E-state index in [1.807, 2.05) is 13.0 Å². The van der Waals surface area contributed by atoms with Crippen LogP contribution in [0.4, 0.5) is 4.39 Å². The second-order valence-electron chi connectivity index (χ2n) is 4.09. The molecule has 0 nitrogen and oxygen atoms in total. The van der Waals surface area contributed by atoms with Crippen molar-refractivity contribution in [3.63, 3.8) is 0 Å². The van der Waals surface area contributed by atoms with Crippen LogP contribution in [-0.4, -0.2) is 6.17 Å². The van der Waals surface area contributed by atoms with Gasteiger partial charge in [-0.05, 0) is 38.2 Å². The van der Waals surface area contributed by atoms with E-state index in [4.69, 9.17) is 0 Å². The van der Waals surface area contributed by atoms with Crippen molar-refractivity contribution in [2.24, 2.45) is 11.8 Å². The van der Waals surface area contributed by atoms with E-state index in [0.29, 0.717) is 5.92 Å². The van der Waals surface area contributed by atoms with Crippen LogP contribution in [0.15, 0.2) is 23.3 Å². The first-order chi connectivity index (χ1) is 5.70. The molecule has 0 heterocycles. The molecule has 0 aliphatic heterocycles. The molecular formula is C11H15F. The summed E-state index contributed by atoms with van der Waals surface area (Å²) in [7, 11) is 0. The first-order valence-corrected chi connectivity index (χ1v) is 4.69. The minimum absolute atomic E-state index is 0.204. The number of hydrogen-bond acceptors (Lipinski definition) is 0. The minimum atomic E-state index is -0.706. The van der Waals surface area contributed by atoms with Gasteiger partial charge in [-0.15, -0.1) is 0 Å². The lowest BCUT2D eigenvalue weighted by Gasteiger charge is -2.25. The van der Waals surface area contributed by atoms with Crippen LogP contribution in [0.2, 0.25) is 0 Å². The Balaban J connectivity index is 2.22. The Hall–Kier alpha value is -0.590. The van der Waals surface area contributed by atoms with Gasteiger partial charge in [0.25, 0.3) is 0 Å². The molecule has 2 unspecified atom stereocenters. The molecule has 0 spiro atoms. The molecule has 2 aliphatic rings. The molecular weight excluding hydrogens is 151 g/mol. The number of halogens is 1. The Morgan fingerprint density at radius 2 is 1.75 bits per heavy atom. The second kappa shape index (κ2) is 2.72. The SMILES string of the molecule is CC1=CC=C(C)C(C2CC2)C1F. The maximum absolute atomic E-state index is 13.7. The van der Waals surface area contributed by atoms with Crippen molar-refractivity contribution in [3.05, 3.63) is 23.3 Å². The smallest absolute Gasteiger partial charge is 0.128 e. The summed E-state index contributed by atoms with van der Waals surface area (Å²) in [5, 5.41) is 0. The van der Waals surface area contributed by atoms with E-state index in [1.165, 1.54) is 18.4 Å². The van der Waals surface area contributed by atoms with Crippen molar-refractivity contribution in [1.82, 2.24) is 0 Å². The lowest BCUT2D eigenvalue weighted by atomic mass is 9.83. The van der Waals surface area contributed by atoms with Crippen LogP contribution in [-0.2, 0) is 0 Å². The van der Waals surface area contributed by atoms with Crippen molar-refractivity contribution >= 4 is 0 Å². The van der Waals surface area contributed by atoms with Gasteiger partial charge in [-0.3, -0.25) is 0 Å². The van der Waals surface area contributed by atoms with Gasteiger partial charge in [-0.1, -0.05) is 17.7 Å². The molecule has 0 aromatic rings. The molecule has 0 N–H and O–H groups in total. The van der Waals surface area contributed by atoms with E-state index in [9.17, 15) is 4.39 Å². The van der Waals surface area contributed by atoms with Gasteiger partial charge < -0.3 is 0 Å². The Morgan fingerprint density at radius 3 is 2.33 bits per heavy atom. The van der Waals surface area contributed by atoms with Gasteiger partial charge in [-0.2, -0.15) is 0 Å². The fourth-order valence-electron chi connectivity index (χ4n) is 2.05. The molecule has 0 radical (unpaired) electrons. The predicted molar refractivity (Wildman–Crippen MR) is 48.6 cm³/mol. The quantitative estimate of drug-likeness (QED) is 0.561. The molecule has 2 atom stereocenters. The average molecular weight is 166 g/mol. The zero-order valence-corrected chi connectivity index (χ0v) is 7.68. The molecule has 0 aromatic carbocycles. The van der Waals surface area contributed by atoms with Crippen LogP contribution in [0.1, 0.15) is 26.7 Å². The fourth-order valence-corrected chi connectivity index (χ4v) is 2.05. The summed E-state index contributed by atoms with van der Waals surface area (Å²) in [6.45, 7) is 3.95. The van der Waals surface area contributed by atoms with E-state index >= 15 is 0 Å². The maximum Gasteiger partial charge on any atom is 0.128 e. The van der Waals surface area contributed by atoms with E-state index in [-0.39, 0.29) is 5.92 Å². The largest absolute Gasteiger partial charge is 0.242 e. The summed E-state index contributed by atoms with van der Waals surface area (Å²) in [5.41, 5.74) is 2.13. The summed E-state index contributed by atoms with van der Waals surface area (Å²) < 4.78 is 13.7. The highest BCUT2D eigenvalue weighted by molar-refractivity contribution is 5.29. The maximum atomic E-state index is 13.7. The topological polar surface area (TPSA) is 0 Å². The van der Waals surface area contributed by atoms with Gasteiger partial charge in [0, 0.05) is 5.92 Å². The Morgan fingerprint density at radius 1 is 1.17 bits per heavy atom. The van der Waals surface area contributed by atoms with Crippen molar-refractivity contribution < 1.29 is 4.39 Å². The van der Waals surface area contributed by atoms with Gasteiger partial charge in [0.05, 0.1) is 0 Å². The third-order valence-electron chi connectivity index (χ3n) is 3.02. The van der Waals surface area contributed by atoms with E-state index in [1.54, 1.807) is 0 Å². The van der Waals surface area contributed by atoms with Gasteiger partial charge in [0.15, 0.2) is 0 Å². The lowest BCUT2D eigenvalue weighted by Crippen LogP contribution is -2.22. The monoisotopic (exact) mass is 166 g/mol. The van der Waals surface area contributed by atoms with Gasteiger partial charge in [0.1, 0.15) is 6.17 Å². The molecule has 0 bridgehead atoms. The second-order valence-corrected chi connectivity index (χ2v) is 4.09. The Labute approximate surface area is 73.2 Å². The first-order valence-electron chi connectivity index (χ1n) is 4.69. The summed E-state index contributed by atoms with van der Waals surface area (Å²) in [6.07, 6.45) is 5.74. The predicted octanol–water partition coefficient (Wildman–Crippen LogP) is 3.26. The van der Waals surface area contributed by atoms with Crippen molar-refractivity contribution in [2.45, 2.75) is 32.9 Å². The molecule has 0 amide bonds. The van der Waals surface area contributed by atoms with Crippen molar-refractivity contribution in [2.75, 3.05) is 0 Å². The van der Waals surface area contributed by atoms with Gasteiger partial charge >= 0.3 is 0 Å². The highest BCUT2D eigenvalue weighted by Crippen LogP contribution is 2.45.